The smallest absolute Gasteiger partial charge is 0.0606 e. The van der Waals surface area contributed by atoms with Gasteiger partial charge in [-0.1, -0.05) is 6.92 Å². The van der Waals surface area contributed by atoms with Crippen LogP contribution in [0.5, 0.6) is 0 Å². The van der Waals surface area contributed by atoms with E-state index in [4.69, 9.17) is 10.2 Å². The first-order chi connectivity index (χ1) is 8.31. The molecule has 17 heavy (non-hydrogen) atoms. The number of aliphatic hydroxyl groups is 2. The predicted octanol–water partition coefficient (Wildman–Crippen LogP) is 1.98. The Morgan fingerprint density at radius 3 is 2.12 bits per heavy atom. The molecular weight excluding hydrogens is 234 g/mol. The highest BCUT2D eigenvalue weighted by atomic mass is 32.2. The molecule has 0 bridgehead atoms. The summed E-state index contributed by atoms with van der Waals surface area (Å²) in [6, 6.07) is 8.28. The highest BCUT2D eigenvalue weighted by molar-refractivity contribution is 7.99. The Morgan fingerprint density at radius 1 is 1.06 bits per heavy atom. The maximum Gasteiger partial charge on any atom is 0.0606 e. The van der Waals surface area contributed by atoms with E-state index in [0.717, 1.165) is 11.4 Å². The van der Waals surface area contributed by atoms with E-state index in [9.17, 15) is 0 Å². The summed E-state index contributed by atoms with van der Waals surface area (Å²) in [5.74, 6) is 1.14. The van der Waals surface area contributed by atoms with E-state index in [-0.39, 0.29) is 13.2 Å². The molecule has 0 aliphatic rings. The molecule has 0 aliphatic heterocycles. The molecule has 1 aromatic rings. The van der Waals surface area contributed by atoms with E-state index in [2.05, 4.69) is 19.1 Å². The number of thioether (sulfide) groups is 1. The molecule has 0 saturated heterocycles. The van der Waals surface area contributed by atoms with Gasteiger partial charge in [0.15, 0.2) is 0 Å². The van der Waals surface area contributed by atoms with Gasteiger partial charge in [0.2, 0.25) is 0 Å². The van der Waals surface area contributed by atoms with Crippen LogP contribution in [0.4, 0.5) is 5.69 Å². The second-order valence-electron chi connectivity index (χ2n) is 3.78. The third-order valence-corrected chi connectivity index (χ3v) is 3.63. The number of hydrogen-bond acceptors (Lipinski definition) is 4. The molecule has 2 N–H and O–H groups in total. The summed E-state index contributed by atoms with van der Waals surface area (Å²) in [6.45, 7) is 3.49. The number of aliphatic hydroxyl groups excluding tert-OH is 2. The van der Waals surface area contributed by atoms with Crippen LogP contribution >= 0.6 is 11.8 Å². The van der Waals surface area contributed by atoms with E-state index in [1.807, 2.05) is 28.8 Å². The molecule has 0 aromatic heterocycles. The van der Waals surface area contributed by atoms with Gasteiger partial charge in [-0.2, -0.15) is 0 Å². The van der Waals surface area contributed by atoms with Crippen LogP contribution in [-0.2, 0) is 0 Å². The molecule has 0 aliphatic carbocycles. The Labute approximate surface area is 107 Å². The van der Waals surface area contributed by atoms with Gasteiger partial charge in [-0.3, -0.25) is 0 Å². The van der Waals surface area contributed by atoms with Crippen molar-refractivity contribution in [3.8, 4) is 0 Å². The number of rotatable bonds is 8. The lowest BCUT2D eigenvalue weighted by Gasteiger charge is -2.23. The lowest BCUT2D eigenvalue weighted by molar-refractivity contribution is 0.281. The Kier molecular flexibility index (Phi) is 7.08. The molecule has 0 spiro atoms. The molecule has 0 atom stereocenters. The molecule has 0 heterocycles. The number of benzene rings is 1. The van der Waals surface area contributed by atoms with Crippen molar-refractivity contribution in [3.05, 3.63) is 24.3 Å². The van der Waals surface area contributed by atoms with Crippen molar-refractivity contribution >= 4 is 17.4 Å². The third kappa shape index (κ3) is 4.98. The van der Waals surface area contributed by atoms with E-state index < -0.39 is 0 Å². The zero-order chi connectivity index (χ0) is 12.5. The fourth-order valence-electron chi connectivity index (χ4n) is 1.58. The topological polar surface area (TPSA) is 43.7 Å². The SMILES string of the molecule is CCCSc1ccc(N(CCO)CCO)cc1. The quantitative estimate of drug-likeness (QED) is 0.697. The fourth-order valence-corrected chi connectivity index (χ4v) is 2.35. The molecule has 3 nitrogen and oxygen atoms in total. The molecular formula is C13H21NO2S. The first kappa shape index (κ1) is 14.4. The minimum Gasteiger partial charge on any atom is -0.395 e. The maximum absolute atomic E-state index is 8.97. The molecule has 0 saturated carbocycles. The molecule has 0 amide bonds. The van der Waals surface area contributed by atoms with Gasteiger partial charge in [-0.15, -0.1) is 11.8 Å². The normalized spacial score (nSPS) is 10.5. The van der Waals surface area contributed by atoms with E-state index in [0.29, 0.717) is 13.1 Å². The summed E-state index contributed by atoms with van der Waals surface area (Å²) in [7, 11) is 0. The first-order valence-corrected chi connectivity index (χ1v) is 7.00. The average Bonchev–Trinajstić information content (AvgIpc) is 2.37. The second kappa shape index (κ2) is 8.39. The highest BCUT2D eigenvalue weighted by Crippen LogP contribution is 2.22. The Balaban J connectivity index is 2.63. The number of anilines is 1. The van der Waals surface area contributed by atoms with Crippen LogP contribution in [0, 0.1) is 0 Å². The van der Waals surface area contributed by atoms with Crippen molar-refractivity contribution in [1.82, 2.24) is 0 Å². The summed E-state index contributed by atoms with van der Waals surface area (Å²) < 4.78 is 0. The van der Waals surface area contributed by atoms with Crippen molar-refractivity contribution in [3.63, 3.8) is 0 Å². The van der Waals surface area contributed by atoms with Crippen LogP contribution in [-0.4, -0.2) is 42.3 Å². The van der Waals surface area contributed by atoms with Crippen LogP contribution in [0.1, 0.15) is 13.3 Å². The first-order valence-electron chi connectivity index (χ1n) is 6.01. The zero-order valence-corrected chi connectivity index (χ0v) is 11.1. The van der Waals surface area contributed by atoms with Gasteiger partial charge in [0.1, 0.15) is 0 Å². The minimum absolute atomic E-state index is 0.104. The maximum atomic E-state index is 8.97. The molecule has 1 aromatic carbocycles. The van der Waals surface area contributed by atoms with Crippen LogP contribution in [0.3, 0.4) is 0 Å². The second-order valence-corrected chi connectivity index (χ2v) is 4.94. The molecule has 1 rings (SSSR count). The average molecular weight is 255 g/mol. The Bertz CT molecular complexity index is 297. The molecule has 0 fully saturated rings. The van der Waals surface area contributed by atoms with Gasteiger partial charge in [0, 0.05) is 23.7 Å². The molecule has 96 valence electrons. The molecule has 0 radical (unpaired) electrons. The minimum atomic E-state index is 0.104. The number of hydrogen-bond donors (Lipinski definition) is 2. The van der Waals surface area contributed by atoms with Crippen LogP contribution < -0.4 is 4.90 Å². The fraction of sp³-hybridized carbons (Fsp3) is 0.538. The summed E-state index contributed by atoms with van der Waals surface area (Å²) >= 11 is 1.85. The van der Waals surface area contributed by atoms with Crippen LogP contribution in [0.25, 0.3) is 0 Å². The highest BCUT2D eigenvalue weighted by Gasteiger charge is 2.04. The monoisotopic (exact) mass is 255 g/mol. The van der Waals surface area contributed by atoms with Crippen molar-refractivity contribution in [2.45, 2.75) is 18.2 Å². The Hall–Kier alpha value is -0.710. The van der Waals surface area contributed by atoms with Crippen molar-refractivity contribution in [1.29, 1.82) is 0 Å². The number of nitrogens with zero attached hydrogens (tertiary/aromatic N) is 1. The van der Waals surface area contributed by atoms with E-state index >= 15 is 0 Å². The van der Waals surface area contributed by atoms with Crippen LogP contribution in [0.2, 0.25) is 0 Å². The van der Waals surface area contributed by atoms with E-state index in [1.165, 1.54) is 11.3 Å². The van der Waals surface area contributed by atoms with Crippen molar-refractivity contribution in [2.24, 2.45) is 0 Å². The van der Waals surface area contributed by atoms with Gasteiger partial charge in [0.25, 0.3) is 0 Å². The summed E-state index contributed by atoms with van der Waals surface area (Å²) in [6.07, 6.45) is 1.17. The lowest BCUT2D eigenvalue weighted by atomic mass is 10.3. The predicted molar refractivity (Wildman–Crippen MR) is 73.8 cm³/mol. The summed E-state index contributed by atoms with van der Waals surface area (Å²) in [5, 5.41) is 17.9. The summed E-state index contributed by atoms with van der Waals surface area (Å²) in [4.78, 5) is 3.25. The standard InChI is InChI=1S/C13H21NO2S/c1-2-11-17-13-5-3-12(4-6-13)14(7-9-15)8-10-16/h3-6,15-16H,2,7-11H2,1H3. The summed E-state index contributed by atoms with van der Waals surface area (Å²) in [5.41, 5.74) is 1.05. The van der Waals surface area contributed by atoms with E-state index in [1.54, 1.807) is 0 Å². The lowest BCUT2D eigenvalue weighted by Crippen LogP contribution is -2.29. The molecule has 4 heteroatoms. The molecule has 0 unspecified atom stereocenters. The van der Waals surface area contributed by atoms with Crippen LogP contribution in [0.15, 0.2) is 29.2 Å². The van der Waals surface area contributed by atoms with Gasteiger partial charge < -0.3 is 15.1 Å². The Morgan fingerprint density at radius 2 is 1.65 bits per heavy atom. The third-order valence-electron chi connectivity index (χ3n) is 2.41. The van der Waals surface area contributed by atoms with Gasteiger partial charge in [-0.25, -0.2) is 0 Å². The van der Waals surface area contributed by atoms with Gasteiger partial charge in [-0.05, 0) is 36.4 Å². The van der Waals surface area contributed by atoms with Gasteiger partial charge >= 0.3 is 0 Å². The van der Waals surface area contributed by atoms with Crippen molar-refractivity contribution in [2.75, 3.05) is 37.0 Å². The zero-order valence-electron chi connectivity index (χ0n) is 10.3. The largest absolute Gasteiger partial charge is 0.395 e. The van der Waals surface area contributed by atoms with Gasteiger partial charge in [0.05, 0.1) is 13.2 Å². The van der Waals surface area contributed by atoms with Crippen molar-refractivity contribution < 1.29 is 10.2 Å².